The highest BCUT2D eigenvalue weighted by Crippen LogP contribution is 2.30. The van der Waals surface area contributed by atoms with Gasteiger partial charge in [-0.2, -0.15) is 5.10 Å². The Balaban J connectivity index is 1.57. The summed E-state index contributed by atoms with van der Waals surface area (Å²) in [7, 11) is 0. The van der Waals surface area contributed by atoms with Gasteiger partial charge in [0.05, 0.1) is 23.9 Å². The summed E-state index contributed by atoms with van der Waals surface area (Å²) in [6.07, 6.45) is 10.6. The molecule has 0 spiro atoms. The van der Waals surface area contributed by atoms with Crippen molar-refractivity contribution in [3.8, 4) is 0 Å². The van der Waals surface area contributed by atoms with Crippen LogP contribution in [0.3, 0.4) is 0 Å². The highest BCUT2D eigenvalue weighted by atomic mass is 16.3. The van der Waals surface area contributed by atoms with Crippen LogP contribution in [0.15, 0.2) is 6.20 Å². The molecule has 2 N–H and O–H groups in total. The van der Waals surface area contributed by atoms with Gasteiger partial charge in [0.2, 0.25) is 0 Å². The van der Waals surface area contributed by atoms with E-state index in [9.17, 15) is 9.90 Å². The van der Waals surface area contributed by atoms with Crippen molar-refractivity contribution in [2.24, 2.45) is 5.92 Å². The van der Waals surface area contributed by atoms with Crippen LogP contribution >= 0.6 is 0 Å². The number of amides is 1. The summed E-state index contributed by atoms with van der Waals surface area (Å²) in [4.78, 5) is 12.3. The van der Waals surface area contributed by atoms with Crippen molar-refractivity contribution in [2.45, 2.75) is 70.4 Å². The number of carbonyl (C=O) groups is 1. The maximum Gasteiger partial charge on any atom is 0.254 e. The van der Waals surface area contributed by atoms with E-state index in [0.717, 1.165) is 31.4 Å². The first kappa shape index (κ1) is 15.5. The summed E-state index contributed by atoms with van der Waals surface area (Å²) in [6, 6.07) is 0.450. The first-order valence-electron chi connectivity index (χ1n) is 8.67. The third-order valence-corrected chi connectivity index (χ3v) is 5.38. The number of aliphatic hydroxyl groups is 1. The number of nitrogens with zero attached hydrogens (tertiary/aromatic N) is 2. The number of nitrogens with one attached hydrogen (secondary N) is 1. The largest absolute Gasteiger partial charge is 0.391 e. The number of hydrogen-bond donors (Lipinski definition) is 2. The molecule has 122 valence electrons. The second-order valence-electron chi connectivity index (χ2n) is 6.85. The predicted octanol–water partition coefficient (Wildman–Crippen LogP) is 2.59. The average Bonchev–Trinajstić information content (AvgIpc) is 3.24. The minimum absolute atomic E-state index is 0.112. The van der Waals surface area contributed by atoms with Gasteiger partial charge in [-0.1, -0.05) is 25.7 Å². The van der Waals surface area contributed by atoms with Gasteiger partial charge in [0.15, 0.2) is 0 Å². The SMILES string of the molecule is Cc1c(C(=O)NCC(O)C2CCCC2)cnn1C1CCCC1. The minimum Gasteiger partial charge on any atom is -0.391 e. The first-order chi connectivity index (χ1) is 10.7. The zero-order valence-electron chi connectivity index (χ0n) is 13.4. The highest BCUT2D eigenvalue weighted by Gasteiger charge is 2.25. The van der Waals surface area contributed by atoms with Gasteiger partial charge in [-0.25, -0.2) is 0 Å². The zero-order chi connectivity index (χ0) is 15.5. The molecule has 2 aliphatic carbocycles. The fourth-order valence-corrected chi connectivity index (χ4v) is 3.96. The summed E-state index contributed by atoms with van der Waals surface area (Å²) in [5, 5.41) is 17.5. The molecule has 3 rings (SSSR count). The summed E-state index contributed by atoms with van der Waals surface area (Å²) in [6.45, 7) is 2.31. The van der Waals surface area contributed by atoms with Crippen molar-refractivity contribution < 1.29 is 9.90 Å². The van der Waals surface area contributed by atoms with E-state index in [-0.39, 0.29) is 5.91 Å². The summed E-state index contributed by atoms with van der Waals surface area (Å²) < 4.78 is 2.01. The second-order valence-corrected chi connectivity index (χ2v) is 6.85. The third kappa shape index (κ3) is 3.19. The molecule has 1 heterocycles. The van der Waals surface area contributed by atoms with E-state index in [2.05, 4.69) is 10.4 Å². The molecule has 2 aliphatic rings. The van der Waals surface area contributed by atoms with Crippen LogP contribution in [0.5, 0.6) is 0 Å². The molecule has 0 radical (unpaired) electrons. The molecule has 1 unspecified atom stereocenters. The van der Waals surface area contributed by atoms with Crippen molar-refractivity contribution >= 4 is 5.91 Å². The van der Waals surface area contributed by atoms with E-state index < -0.39 is 6.10 Å². The van der Waals surface area contributed by atoms with Gasteiger partial charge in [-0.3, -0.25) is 9.48 Å². The fraction of sp³-hybridized carbons (Fsp3) is 0.765. The lowest BCUT2D eigenvalue weighted by Crippen LogP contribution is -2.35. The van der Waals surface area contributed by atoms with E-state index >= 15 is 0 Å². The lowest BCUT2D eigenvalue weighted by molar-refractivity contribution is 0.0840. The van der Waals surface area contributed by atoms with Crippen LogP contribution in [-0.4, -0.2) is 33.4 Å². The van der Waals surface area contributed by atoms with Crippen LogP contribution in [0.25, 0.3) is 0 Å². The van der Waals surface area contributed by atoms with Gasteiger partial charge in [-0.15, -0.1) is 0 Å². The lowest BCUT2D eigenvalue weighted by Gasteiger charge is -2.18. The van der Waals surface area contributed by atoms with Crippen LogP contribution in [0.4, 0.5) is 0 Å². The highest BCUT2D eigenvalue weighted by molar-refractivity contribution is 5.95. The molecule has 1 amide bonds. The Morgan fingerprint density at radius 1 is 1.32 bits per heavy atom. The van der Waals surface area contributed by atoms with Crippen molar-refractivity contribution in [2.75, 3.05) is 6.54 Å². The Morgan fingerprint density at radius 2 is 1.95 bits per heavy atom. The van der Waals surface area contributed by atoms with Crippen LogP contribution in [0.1, 0.15) is 73.5 Å². The van der Waals surface area contributed by atoms with Crippen LogP contribution in [0, 0.1) is 12.8 Å². The number of rotatable bonds is 5. The molecule has 22 heavy (non-hydrogen) atoms. The number of hydrogen-bond acceptors (Lipinski definition) is 3. The van der Waals surface area contributed by atoms with Crippen LogP contribution < -0.4 is 5.32 Å². The van der Waals surface area contributed by atoms with Crippen LogP contribution in [0.2, 0.25) is 0 Å². The third-order valence-electron chi connectivity index (χ3n) is 5.38. The Kier molecular flexibility index (Phi) is 4.81. The standard InChI is InChI=1S/C17H27N3O2/c1-12-15(10-19-20(12)14-8-4-5-9-14)17(22)18-11-16(21)13-6-2-3-7-13/h10,13-14,16,21H,2-9,11H2,1H3,(H,18,22). The quantitative estimate of drug-likeness (QED) is 0.878. The van der Waals surface area contributed by atoms with E-state index in [1.54, 1.807) is 6.20 Å². The fourth-order valence-electron chi connectivity index (χ4n) is 3.96. The van der Waals surface area contributed by atoms with E-state index in [4.69, 9.17) is 0 Å². The minimum atomic E-state index is -0.420. The van der Waals surface area contributed by atoms with Gasteiger partial charge in [0.1, 0.15) is 0 Å². The van der Waals surface area contributed by atoms with Crippen molar-refractivity contribution in [1.29, 1.82) is 0 Å². The first-order valence-corrected chi connectivity index (χ1v) is 8.67. The molecular weight excluding hydrogens is 278 g/mol. The summed E-state index contributed by atoms with van der Waals surface area (Å²) in [5.74, 6) is 0.237. The molecular formula is C17H27N3O2. The predicted molar refractivity (Wildman–Crippen MR) is 84.8 cm³/mol. The van der Waals surface area contributed by atoms with Crippen molar-refractivity contribution in [1.82, 2.24) is 15.1 Å². The van der Waals surface area contributed by atoms with Gasteiger partial charge >= 0.3 is 0 Å². The van der Waals surface area contributed by atoms with E-state index in [1.807, 2.05) is 11.6 Å². The molecule has 1 atom stereocenters. The topological polar surface area (TPSA) is 67.2 Å². The Bertz CT molecular complexity index is 514. The molecule has 0 bridgehead atoms. The maximum absolute atomic E-state index is 12.3. The molecule has 0 aliphatic heterocycles. The Morgan fingerprint density at radius 3 is 2.64 bits per heavy atom. The van der Waals surface area contributed by atoms with E-state index in [0.29, 0.717) is 24.1 Å². The number of carbonyl (C=O) groups excluding carboxylic acids is 1. The molecule has 2 fully saturated rings. The number of aliphatic hydroxyl groups excluding tert-OH is 1. The monoisotopic (exact) mass is 305 g/mol. The lowest BCUT2D eigenvalue weighted by atomic mass is 10.0. The van der Waals surface area contributed by atoms with Crippen LogP contribution in [-0.2, 0) is 0 Å². The second kappa shape index (κ2) is 6.82. The van der Waals surface area contributed by atoms with Gasteiger partial charge < -0.3 is 10.4 Å². The molecule has 2 saturated carbocycles. The smallest absolute Gasteiger partial charge is 0.254 e. The normalized spacial score (nSPS) is 21.4. The molecule has 5 nitrogen and oxygen atoms in total. The molecule has 1 aromatic heterocycles. The average molecular weight is 305 g/mol. The number of aromatic nitrogens is 2. The summed E-state index contributed by atoms with van der Waals surface area (Å²) in [5.41, 5.74) is 1.59. The Labute approximate surface area is 132 Å². The van der Waals surface area contributed by atoms with Crippen molar-refractivity contribution in [3.05, 3.63) is 17.5 Å². The van der Waals surface area contributed by atoms with Gasteiger partial charge in [-0.05, 0) is 38.5 Å². The van der Waals surface area contributed by atoms with Gasteiger partial charge in [0, 0.05) is 12.2 Å². The molecule has 5 heteroatoms. The van der Waals surface area contributed by atoms with Gasteiger partial charge in [0.25, 0.3) is 5.91 Å². The zero-order valence-corrected chi connectivity index (χ0v) is 13.4. The molecule has 0 aromatic carbocycles. The summed E-state index contributed by atoms with van der Waals surface area (Å²) >= 11 is 0. The maximum atomic E-state index is 12.3. The Hall–Kier alpha value is -1.36. The molecule has 1 aromatic rings. The molecule has 0 saturated heterocycles. The van der Waals surface area contributed by atoms with E-state index in [1.165, 1.54) is 25.7 Å². The van der Waals surface area contributed by atoms with Crippen molar-refractivity contribution in [3.63, 3.8) is 0 Å².